The van der Waals surface area contributed by atoms with Crippen molar-refractivity contribution in [2.75, 3.05) is 6.61 Å². The highest BCUT2D eigenvalue weighted by Crippen LogP contribution is 2.30. The molecule has 118 valence electrons. The Kier molecular flexibility index (Phi) is 4.11. The first-order chi connectivity index (χ1) is 10.5. The summed E-state index contributed by atoms with van der Waals surface area (Å²) in [5.41, 5.74) is 1.84. The molecule has 2 aromatic rings. The number of hydrogen-bond donors (Lipinski definition) is 3. The van der Waals surface area contributed by atoms with Crippen LogP contribution in [0.5, 0.6) is 0 Å². The van der Waals surface area contributed by atoms with E-state index in [1.165, 1.54) is 4.68 Å². The third-order valence-corrected chi connectivity index (χ3v) is 3.90. The van der Waals surface area contributed by atoms with Crippen molar-refractivity contribution in [1.82, 2.24) is 9.78 Å². The van der Waals surface area contributed by atoms with Gasteiger partial charge < -0.3 is 24.5 Å². The normalized spacial score (nSPS) is 28.2. The van der Waals surface area contributed by atoms with Gasteiger partial charge in [-0.15, -0.1) is 5.10 Å². The van der Waals surface area contributed by atoms with Crippen molar-refractivity contribution >= 4 is 12.2 Å². The number of rotatable bonds is 3. The molecule has 0 amide bonds. The quantitative estimate of drug-likeness (QED) is 0.718. The lowest BCUT2D eigenvalue weighted by Crippen LogP contribution is -2.33. The second-order valence-corrected chi connectivity index (χ2v) is 5.56. The zero-order valence-corrected chi connectivity index (χ0v) is 12.6. The summed E-state index contributed by atoms with van der Waals surface area (Å²) in [5, 5.41) is 33.1. The number of ether oxygens (including phenoxy) is 1. The number of aromatic nitrogens is 2. The van der Waals surface area contributed by atoms with E-state index < -0.39 is 31.1 Å². The summed E-state index contributed by atoms with van der Waals surface area (Å²) in [7, 11) is 0. The largest absolute Gasteiger partial charge is 0.409 e. The average molecular weight is 324 g/mol. The van der Waals surface area contributed by atoms with Crippen LogP contribution in [0.1, 0.15) is 11.8 Å². The zero-order chi connectivity index (χ0) is 15.9. The van der Waals surface area contributed by atoms with Crippen molar-refractivity contribution in [2.45, 2.75) is 31.5 Å². The van der Waals surface area contributed by atoms with Gasteiger partial charge in [-0.25, -0.2) is 0 Å². The molecule has 0 spiro atoms. The zero-order valence-electron chi connectivity index (χ0n) is 11.8. The molecule has 22 heavy (non-hydrogen) atoms. The van der Waals surface area contributed by atoms with Gasteiger partial charge in [-0.2, -0.15) is 4.68 Å². The Bertz CT molecular complexity index is 711. The lowest BCUT2D eigenvalue weighted by Gasteiger charge is -2.13. The van der Waals surface area contributed by atoms with Gasteiger partial charge in [-0.1, -0.05) is 17.7 Å². The fourth-order valence-electron chi connectivity index (χ4n) is 2.34. The molecular weight excluding hydrogens is 308 g/mol. The Morgan fingerprint density at radius 1 is 1.23 bits per heavy atom. The summed E-state index contributed by atoms with van der Waals surface area (Å²) in [6, 6.07) is 7.52. The summed E-state index contributed by atoms with van der Waals surface area (Å²) in [5.74, 6) is 0.294. The minimum absolute atomic E-state index is 0.0189. The SMILES string of the molecule is Cc1ccc(-c2nn([C@H]3O[C@@H](CO)[C@@H](O)[C@@H]3O)c(=S)o2)cc1. The van der Waals surface area contributed by atoms with Crippen molar-refractivity contribution < 1.29 is 24.5 Å². The van der Waals surface area contributed by atoms with Crippen molar-refractivity contribution in [1.29, 1.82) is 0 Å². The fraction of sp³-hybridized carbons (Fsp3) is 0.429. The van der Waals surface area contributed by atoms with Crippen molar-refractivity contribution in [3.05, 3.63) is 34.7 Å². The first kappa shape index (κ1) is 15.3. The molecule has 1 saturated heterocycles. The molecule has 0 aliphatic carbocycles. The van der Waals surface area contributed by atoms with E-state index in [1.807, 2.05) is 31.2 Å². The molecule has 0 radical (unpaired) electrons. The number of benzene rings is 1. The van der Waals surface area contributed by atoms with E-state index in [2.05, 4.69) is 5.10 Å². The van der Waals surface area contributed by atoms with Crippen LogP contribution >= 0.6 is 12.2 Å². The molecule has 0 saturated carbocycles. The molecule has 1 aliphatic rings. The third-order valence-electron chi connectivity index (χ3n) is 3.63. The van der Waals surface area contributed by atoms with Gasteiger partial charge in [0, 0.05) is 5.56 Å². The minimum Gasteiger partial charge on any atom is -0.409 e. The predicted molar refractivity (Wildman–Crippen MR) is 78.5 cm³/mol. The van der Waals surface area contributed by atoms with Crippen LogP contribution in [0.15, 0.2) is 28.7 Å². The molecule has 7 nitrogen and oxygen atoms in total. The number of aliphatic hydroxyl groups is 3. The van der Waals surface area contributed by atoms with Crippen LogP contribution in [0, 0.1) is 11.8 Å². The van der Waals surface area contributed by atoms with E-state index in [0.717, 1.165) is 11.1 Å². The van der Waals surface area contributed by atoms with Gasteiger partial charge in [0.1, 0.15) is 18.3 Å². The van der Waals surface area contributed by atoms with Gasteiger partial charge in [0.05, 0.1) is 6.61 Å². The highest BCUT2D eigenvalue weighted by molar-refractivity contribution is 7.71. The Labute approximate surface area is 131 Å². The van der Waals surface area contributed by atoms with E-state index in [1.54, 1.807) is 0 Å². The first-order valence-corrected chi connectivity index (χ1v) is 7.21. The van der Waals surface area contributed by atoms with Crippen molar-refractivity contribution in [3.63, 3.8) is 0 Å². The van der Waals surface area contributed by atoms with Crippen LogP contribution in [0.25, 0.3) is 11.5 Å². The van der Waals surface area contributed by atoms with Gasteiger partial charge in [-0.3, -0.25) is 0 Å². The minimum atomic E-state index is -1.25. The lowest BCUT2D eigenvalue weighted by molar-refractivity contribution is -0.0602. The van der Waals surface area contributed by atoms with Crippen LogP contribution in [0.2, 0.25) is 0 Å². The Morgan fingerprint density at radius 2 is 1.91 bits per heavy atom. The van der Waals surface area contributed by atoms with Crippen LogP contribution in [-0.2, 0) is 4.74 Å². The second kappa shape index (κ2) is 5.90. The summed E-state index contributed by atoms with van der Waals surface area (Å²) < 4.78 is 12.0. The van der Waals surface area contributed by atoms with Crippen LogP contribution < -0.4 is 0 Å². The number of hydrogen-bond acceptors (Lipinski definition) is 7. The maximum absolute atomic E-state index is 10.0. The van der Waals surface area contributed by atoms with E-state index in [4.69, 9.17) is 26.5 Å². The van der Waals surface area contributed by atoms with Gasteiger partial charge in [0.25, 0.3) is 4.84 Å². The monoisotopic (exact) mass is 324 g/mol. The molecule has 0 bridgehead atoms. The van der Waals surface area contributed by atoms with Gasteiger partial charge in [-0.05, 0) is 31.3 Å². The Morgan fingerprint density at radius 3 is 2.50 bits per heavy atom. The number of nitrogens with zero attached hydrogens (tertiary/aromatic N) is 2. The van der Waals surface area contributed by atoms with Gasteiger partial charge in [0.15, 0.2) is 6.23 Å². The molecule has 1 aliphatic heterocycles. The van der Waals surface area contributed by atoms with E-state index in [9.17, 15) is 10.2 Å². The molecule has 1 aromatic carbocycles. The lowest BCUT2D eigenvalue weighted by atomic mass is 10.1. The van der Waals surface area contributed by atoms with Crippen molar-refractivity contribution in [2.24, 2.45) is 0 Å². The topological polar surface area (TPSA) is 101 Å². The number of aliphatic hydroxyl groups excluding tert-OH is 3. The highest BCUT2D eigenvalue weighted by Gasteiger charge is 2.44. The van der Waals surface area contributed by atoms with Gasteiger partial charge in [0.2, 0.25) is 5.89 Å². The maximum Gasteiger partial charge on any atom is 0.289 e. The third kappa shape index (κ3) is 2.59. The molecule has 2 heterocycles. The molecule has 4 atom stereocenters. The Balaban J connectivity index is 1.93. The van der Waals surface area contributed by atoms with Crippen LogP contribution in [0.3, 0.4) is 0 Å². The van der Waals surface area contributed by atoms with E-state index in [0.29, 0.717) is 5.89 Å². The second-order valence-electron chi connectivity index (χ2n) is 5.21. The van der Waals surface area contributed by atoms with Crippen molar-refractivity contribution in [3.8, 4) is 11.5 Å². The summed E-state index contributed by atoms with van der Waals surface area (Å²) in [4.78, 5) is 0.0189. The average Bonchev–Trinajstić information content (AvgIpc) is 3.02. The predicted octanol–water partition coefficient (Wildman–Crippen LogP) is 0.793. The van der Waals surface area contributed by atoms with Crippen LogP contribution in [-0.4, -0.2) is 50.0 Å². The molecular formula is C14H16N2O5S. The highest BCUT2D eigenvalue weighted by atomic mass is 32.1. The van der Waals surface area contributed by atoms with Crippen LogP contribution in [0.4, 0.5) is 0 Å². The molecule has 1 aromatic heterocycles. The van der Waals surface area contributed by atoms with Gasteiger partial charge >= 0.3 is 0 Å². The summed E-state index contributed by atoms with van der Waals surface area (Å²) in [6.07, 6.45) is -4.35. The smallest absolute Gasteiger partial charge is 0.289 e. The number of aryl methyl sites for hydroxylation is 1. The van der Waals surface area contributed by atoms with E-state index >= 15 is 0 Å². The molecule has 3 N–H and O–H groups in total. The molecule has 8 heteroatoms. The molecule has 0 unspecified atom stereocenters. The van der Waals surface area contributed by atoms with E-state index in [-0.39, 0.29) is 4.84 Å². The first-order valence-electron chi connectivity index (χ1n) is 6.80. The summed E-state index contributed by atoms with van der Waals surface area (Å²) in [6.45, 7) is 1.56. The fourth-order valence-corrected chi connectivity index (χ4v) is 2.57. The maximum atomic E-state index is 10.0. The Hall–Kier alpha value is -1.58. The molecule has 1 fully saturated rings. The summed E-state index contributed by atoms with van der Waals surface area (Å²) >= 11 is 5.10. The molecule has 3 rings (SSSR count). The standard InChI is InChI=1S/C14H16N2O5S/c1-7-2-4-8(5-3-7)12-15-16(14(22)21-12)13-11(19)10(18)9(6-17)20-13/h2-5,9-11,13,17-19H,6H2,1H3/t9-,10+,11-,13-/m0/s1.